The van der Waals surface area contributed by atoms with Gasteiger partial charge in [-0.05, 0) is 31.1 Å². The Morgan fingerprint density at radius 3 is 2.70 bits per heavy atom. The van der Waals surface area contributed by atoms with Crippen LogP contribution in [0.1, 0.15) is 57.9 Å². The van der Waals surface area contributed by atoms with Crippen LogP contribution >= 0.6 is 0 Å². The summed E-state index contributed by atoms with van der Waals surface area (Å²) in [7, 11) is 0. The van der Waals surface area contributed by atoms with Crippen LogP contribution in [-0.2, 0) is 0 Å². The van der Waals surface area contributed by atoms with Crippen molar-refractivity contribution >= 4 is 5.82 Å². The molecule has 0 bridgehead atoms. The first-order valence-corrected chi connectivity index (χ1v) is 8.05. The lowest BCUT2D eigenvalue weighted by Gasteiger charge is -2.26. The number of hydrogen-bond acceptors (Lipinski definition) is 3. The van der Waals surface area contributed by atoms with Crippen LogP contribution in [0.25, 0.3) is 0 Å². The third-order valence-corrected chi connectivity index (χ3v) is 4.79. The van der Waals surface area contributed by atoms with Gasteiger partial charge >= 0.3 is 0 Å². The van der Waals surface area contributed by atoms with Gasteiger partial charge in [0.25, 0.3) is 5.56 Å². The van der Waals surface area contributed by atoms with Crippen molar-refractivity contribution in [2.45, 2.75) is 57.9 Å². The number of nitrogens with zero attached hydrogens (tertiary/aromatic N) is 2. The Bertz CT molecular complexity index is 499. The summed E-state index contributed by atoms with van der Waals surface area (Å²) >= 11 is 0. The minimum absolute atomic E-state index is 0.0484. The van der Waals surface area contributed by atoms with E-state index in [-0.39, 0.29) is 5.56 Å². The van der Waals surface area contributed by atoms with Crippen molar-refractivity contribution in [2.24, 2.45) is 11.8 Å². The molecule has 0 spiro atoms. The molecule has 0 aromatic carbocycles. The summed E-state index contributed by atoms with van der Waals surface area (Å²) in [5.41, 5.74) is 0.0484. The first kappa shape index (κ1) is 13.7. The van der Waals surface area contributed by atoms with Gasteiger partial charge in [0.15, 0.2) is 5.82 Å². The van der Waals surface area contributed by atoms with Crippen LogP contribution in [0.2, 0.25) is 0 Å². The Labute approximate surface area is 120 Å². The molecular formula is C16H25N3O. The van der Waals surface area contributed by atoms with Crippen molar-refractivity contribution in [3.8, 4) is 0 Å². The van der Waals surface area contributed by atoms with Crippen LogP contribution in [0.4, 0.5) is 5.82 Å². The topological polar surface area (TPSA) is 46.9 Å². The fraction of sp³-hybridized carbons (Fsp3) is 0.750. The summed E-state index contributed by atoms with van der Waals surface area (Å²) in [4.78, 5) is 16.4. The zero-order valence-electron chi connectivity index (χ0n) is 12.3. The van der Waals surface area contributed by atoms with E-state index in [1.807, 2.05) is 10.8 Å². The molecule has 1 aromatic heterocycles. The highest BCUT2D eigenvalue weighted by Crippen LogP contribution is 2.33. The fourth-order valence-corrected chi connectivity index (χ4v) is 3.20. The van der Waals surface area contributed by atoms with Crippen molar-refractivity contribution in [3.05, 3.63) is 22.7 Å². The molecule has 0 aliphatic heterocycles. The number of hydrogen-bond donors (Lipinski definition) is 1. The number of rotatable bonds is 5. The van der Waals surface area contributed by atoms with Gasteiger partial charge in [-0.15, -0.1) is 0 Å². The van der Waals surface area contributed by atoms with Gasteiger partial charge in [-0.3, -0.25) is 4.79 Å². The van der Waals surface area contributed by atoms with Crippen molar-refractivity contribution in [2.75, 3.05) is 11.9 Å². The van der Waals surface area contributed by atoms with Crippen molar-refractivity contribution in [3.63, 3.8) is 0 Å². The summed E-state index contributed by atoms with van der Waals surface area (Å²) in [5, 5.41) is 3.25. The van der Waals surface area contributed by atoms with E-state index in [1.54, 1.807) is 6.20 Å². The van der Waals surface area contributed by atoms with Crippen LogP contribution in [0.5, 0.6) is 0 Å². The van der Waals surface area contributed by atoms with Crippen LogP contribution in [0.15, 0.2) is 17.2 Å². The van der Waals surface area contributed by atoms with Crippen molar-refractivity contribution < 1.29 is 0 Å². The van der Waals surface area contributed by atoms with Crippen molar-refractivity contribution in [1.29, 1.82) is 0 Å². The molecule has 20 heavy (non-hydrogen) atoms. The molecule has 4 nitrogen and oxygen atoms in total. The minimum atomic E-state index is 0.0484. The molecule has 1 N–H and O–H groups in total. The quantitative estimate of drug-likeness (QED) is 0.897. The first-order chi connectivity index (χ1) is 9.74. The zero-order chi connectivity index (χ0) is 13.9. The van der Waals surface area contributed by atoms with Gasteiger partial charge in [0.2, 0.25) is 0 Å². The molecule has 0 atom stereocenters. The maximum atomic E-state index is 12.2. The van der Waals surface area contributed by atoms with E-state index in [0.29, 0.717) is 11.9 Å². The van der Waals surface area contributed by atoms with E-state index < -0.39 is 0 Å². The molecule has 0 radical (unpaired) electrons. The van der Waals surface area contributed by atoms with Gasteiger partial charge in [0, 0.05) is 25.0 Å². The molecule has 1 heterocycles. The Balaban J connectivity index is 1.51. The second-order valence-electron chi connectivity index (χ2n) is 6.56. The average molecular weight is 275 g/mol. The van der Waals surface area contributed by atoms with E-state index in [9.17, 15) is 4.79 Å². The van der Waals surface area contributed by atoms with E-state index >= 15 is 0 Å². The molecule has 3 rings (SSSR count). The van der Waals surface area contributed by atoms with Gasteiger partial charge in [0.05, 0.1) is 0 Å². The third kappa shape index (κ3) is 3.22. The predicted molar refractivity (Wildman–Crippen MR) is 81.0 cm³/mol. The predicted octanol–water partition coefficient (Wildman–Crippen LogP) is 3.21. The van der Waals surface area contributed by atoms with Crippen LogP contribution < -0.4 is 10.9 Å². The van der Waals surface area contributed by atoms with E-state index in [2.05, 4.69) is 17.2 Å². The van der Waals surface area contributed by atoms with Crippen molar-refractivity contribution in [1.82, 2.24) is 9.55 Å². The summed E-state index contributed by atoms with van der Waals surface area (Å²) < 4.78 is 1.83. The molecule has 2 aliphatic carbocycles. The van der Waals surface area contributed by atoms with E-state index in [4.69, 9.17) is 0 Å². The zero-order valence-corrected chi connectivity index (χ0v) is 12.3. The molecule has 2 aliphatic rings. The average Bonchev–Trinajstić information content (AvgIpc) is 3.27. The second-order valence-corrected chi connectivity index (χ2v) is 6.56. The Kier molecular flexibility index (Phi) is 4.08. The van der Waals surface area contributed by atoms with Gasteiger partial charge in [-0.1, -0.05) is 32.6 Å². The molecule has 0 amide bonds. The molecule has 1 aromatic rings. The smallest absolute Gasteiger partial charge is 0.293 e. The summed E-state index contributed by atoms with van der Waals surface area (Å²) in [5.74, 6) is 2.26. The molecular weight excluding hydrogens is 250 g/mol. The van der Waals surface area contributed by atoms with Gasteiger partial charge in [-0.25, -0.2) is 4.98 Å². The monoisotopic (exact) mass is 275 g/mol. The maximum absolute atomic E-state index is 12.2. The molecule has 110 valence electrons. The number of nitrogens with one attached hydrogen (secondary N) is 1. The number of aromatic nitrogens is 2. The Hall–Kier alpha value is -1.32. The highest BCUT2D eigenvalue weighted by molar-refractivity contribution is 5.31. The van der Waals surface area contributed by atoms with Crippen LogP contribution in [-0.4, -0.2) is 16.1 Å². The Morgan fingerprint density at radius 1 is 1.25 bits per heavy atom. The van der Waals surface area contributed by atoms with E-state index in [0.717, 1.165) is 37.6 Å². The second kappa shape index (κ2) is 5.98. The molecule has 2 saturated carbocycles. The Morgan fingerprint density at radius 2 is 2.00 bits per heavy atom. The highest BCUT2D eigenvalue weighted by atomic mass is 16.1. The summed E-state index contributed by atoms with van der Waals surface area (Å²) in [6, 6.07) is 0.422. The SMILES string of the molecule is CC1CCC(CCNc2nccn(C3CC3)c2=O)CC1. The first-order valence-electron chi connectivity index (χ1n) is 8.05. The minimum Gasteiger partial charge on any atom is -0.365 e. The number of anilines is 1. The van der Waals surface area contributed by atoms with Crippen LogP contribution in [0.3, 0.4) is 0 Å². The summed E-state index contributed by atoms with van der Waals surface area (Å²) in [6.45, 7) is 3.22. The van der Waals surface area contributed by atoms with Gasteiger partial charge < -0.3 is 9.88 Å². The highest BCUT2D eigenvalue weighted by Gasteiger charge is 2.25. The molecule has 4 heteroatoms. The standard InChI is InChI=1S/C16H25N3O/c1-12-2-4-13(5-3-12)8-9-17-15-16(20)19(11-10-18-15)14-6-7-14/h10-14H,2-9H2,1H3,(H,17,18). The summed E-state index contributed by atoms with van der Waals surface area (Å²) in [6.07, 6.45) is 12.4. The van der Waals surface area contributed by atoms with Gasteiger partial charge in [-0.2, -0.15) is 0 Å². The lowest BCUT2D eigenvalue weighted by atomic mass is 9.81. The molecule has 0 saturated heterocycles. The molecule has 2 fully saturated rings. The third-order valence-electron chi connectivity index (χ3n) is 4.79. The largest absolute Gasteiger partial charge is 0.365 e. The maximum Gasteiger partial charge on any atom is 0.293 e. The molecule has 0 unspecified atom stereocenters. The van der Waals surface area contributed by atoms with E-state index in [1.165, 1.54) is 25.7 Å². The van der Waals surface area contributed by atoms with Crippen LogP contribution in [0, 0.1) is 11.8 Å². The van der Waals surface area contributed by atoms with Gasteiger partial charge in [0.1, 0.15) is 0 Å². The fourth-order valence-electron chi connectivity index (χ4n) is 3.20. The normalized spacial score (nSPS) is 26.4. The lowest BCUT2D eigenvalue weighted by Crippen LogP contribution is -2.25. The lowest BCUT2D eigenvalue weighted by molar-refractivity contribution is 0.282.